The first-order valence-corrected chi connectivity index (χ1v) is 7.84. The van der Waals surface area contributed by atoms with Crippen molar-refractivity contribution in [3.05, 3.63) is 59.9 Å². The summed E-state index contributed by atoms with van der Waals surface area (Å²) >= 11 is 0. The van der Waals surface area contributed by atoms with Crippen LogP contribution in [0.3, 0.4) is 0 Å². The fourth-order valence-corrected chi connectivity index (χ4v) is 2.77. The number of hydrogen-bond acceptors (Lipinski definition) is 2. The number of rotatable bonds is 5. The first-order chi connectivity index (χ1) is 11.1. The summed E-state index contributed by atoms with van der Waals surface area (Å²) in [6.45, 7) is 4.33. The van der Waals surface area contributed by atoms with Crippen LogP contribution in [-0.4, -0.2) is 20.5 Å². The van der Waals surface area contributed by atoms with Crippen molar-refractivity contribution in [3.8, 4) is 11.3 Å². The number of pyridine rings is 1. The van der Waals surface area contributed by atoms with Crippen LogP contribution in [0.4, 0.5) is 0 Å². The molecule has 0 bridgehead atoms. The molecular formula is C19H20N2O2. The zero-order chi connectivity index (χ0) is 16.4. The molecule has 2 heterocycles. The molecule has 0 saturated carbocycles. The lowest BCUT2D eigenvalue weighted by atomic mass is 10.00. The number of imidazole rings is 1. The summed E-state index contributed by atoms with van der Waals surface area (Å²) in [6, 6.07) is 14.2. The van der Waals surface area contributed by atoms with Gasteiger partial charge in [-0.3, -0.25) is 4.79 Å². The smallest absolute Gasteiger partial charge is 0.303 e. The largest absolute Gasteiger partial charge is 0.481 e. The maximum Gasteiger partial charge on any atom is 0.303 e. The zero-order valence-corrected chi connectivity index (χ0v) is 13.4. The maximum absolute atomic E-state index is 11.0. The predicted octanol–water partition coefficient (Wildman–Crippen LogP) is 4.14. The van der Waals surface area contributed by atoms with E-state index in [1.54, 1.807) is 0 Å². The van der Waals surface area contributed by atoms with Crippen LogP contribution in [0.1, 0.15) is 37.4 Å². The number of hydrogen-bond donors (Lipinski definition) is 1. The van der Waals surface area contributed by atoms with Gasteiger partial charge in [0.05, 0.1) is 17.8 Å². The molecule has 0 fully saturated rings. The van der Waals surface area contributed by atoms with Gasteiger partial charge in [-0.15, -0.1) is 0 Å². The van der Waals surface area contributed by atoms with Gasteiger partial charge in [-0.25, -0.2) is 4.98 Å². The Morgan fingerprint density at radius 2 is 1.91 bits per heavy atom. The average molecular weight is 308 g/mol. The average Bonchev–Trinajstić information content (AvgIpc) is 2.91. The lowest BCUT2D eigenvalue weighted by Crippen LogP contribution is -2.01. The number of benzene rings is 1. The summed E-state index contributed by atoms with van der Waals surface area (Å²) in [5.74, 6) is -0.311. The van der Waals surface area contributed by atoms with Crippen molar-refractivity contribution >= 4 is 11.6 Å². The van der Waals surface area contributed by atoms with Gasteiger partial charge in [0.2, 0.25) is 0 Å². The summed E-state index contributed by atoms with van der Waals surface area (Å²) < 4.78 is 1.98. The number of carboxylic acids is 1. The minimum atomic E-state index is -0.794. The molecular weight excluding hydrogens is 288 g/mol. The fourth-order valence-electron chi connectivity index (χ4n) is 2.77. The Bertz CT molecular complexity index is 832. The second-order valence-corrected chi connectivity index (χ2v) is 6.01. The monoisotopic (exact) mass is 308 g/mol. The van der Waals surface area contributed by atoms with Crippen LogP contribution in [0.15, 0.2) is 48.7 Å². The van der Waals surface area contributed by atoms with Crippen molar-refractivity contribution in [2.75, 3.05) is 0 Å². The SMILES string of the molecule is CC(C)c1ccc(-c2nc3ccccn3c2CCC(=O)O)cc1. The molecule has 23 heavy (non-hydrogen) atoms. The van der Waals surface area contributed by atoms with Gasteiger partial charge in [0.25, 0.3) is 0 Å². The molecule has 0 unspecified atom stereocenters. The Balaban J connectivity index is 2.08. The molecule has 0 spiro atoms. The van der Waals surface area contributed by atoms with E-state index in [0.717, 1.165) is 22.6 Å². The minimum absolute atomic E-state index is 0.0970. The Kier molecular flexibility index (Phi) is 4.15. The van der Waals surface area contributed by atoms with Crippen molar-refractivity contribution in [2.24, 2.45) is 0 Å². The van der Waals surface area contributed by atoms with Crippen LogP contribution in [0, 0.1) is 0 Å². The Labute approximate surface area is 135 Å². The van der Waals surface area contributed by atoms with Crippen molar-refractivity contribution in [3.63, 3.8) is 0 Å². The van der Waals surface area contributed by atoms with Crippen LogP contribution in [0.2, 0.25) is 0 Å². The Morgan fingerprint density at radius 3 is 2.57 bits per heavy atom. The van der Waals surface area contributed by atoms with E-state index in [9.17, 15) is 4.79 Å². The summed E-state index contributed by atoms with van der Waals surface area (Å²) in [5.41, 5.74) is 4.96. The molecule has 0 radical (unpaired) electrons. The molecule has 3 rings (SSSR count). The first-order valence-electron chi connectivity index (χ1n) is 7.84. The standard InChI is InChI=1S/C19H20N2O2/c1-13(2)14-6-8-15(9-7-14)19-16(10-11-18(22)23)21-12-4-3-5-17(21)20-19/h3-9,12-13H,10-11H2,1-2H3,(H,22,23). The molecule has 1 N–H and O–H groups in total. The van der Waals surface area contributed by atoms with E-state index in [0.29, 0.717) is 12.3 Å². The number of aromatic nitrogens is 2. The van der Waals surface area contributed by atoms with Gasteiger partial charge in [0, 0.05) is 18.2 Å². The summed E-state index contributed by atoms with van der Waals surface area (Å²) in [7, 11) is 0. The molecule has 4 nitrogen and oxygen atoms in total. The van der Waals surface area contributed by atoms with E-state index in [4.69, 9.17) is 10.1 Å². The number of aryl methyl sites for hydroxylation is 1. The summed E-state index contributed by atoms with van der Waals surface area (Å²) in [4.78, 5) is 15.7. The van der Waals surface area contributed by atoms with Crippen LogP contribution < -0.4 is 0 Å². The maximum atomic E-state index is 11.0. The van der Waals surface area contributed by atoms with E-state index in [2.05, 4.69) is 38.1 Å². The van der Waals surface area contributed by atoms with Crippen molar-refractivity contribution in [1.82, 2.24) is 9.38 Å². The molecule has 0 aliphatic heterocycles. The Morgan fingerprint density at radius 1 is 1.17 bits per heavy atom. The molecule has 2 aromatic heterocycles. The second kappa shape index (κ2) is 6.24. The van der Waals surface area contributed by atoms with Crippen LogP contribution in [-0.2, 0) is 11.2 Å². The van der Waals surface area contributed by atoms with Gasteiger partial charge < -0.3 is 9.51 Å². The van der Waals surface area contributed by atoms with E-state index >= 15 is 0 Å². The van der Waals surface area contributed by atoms with Gasteiger partial charge in [0.1, 0.15) is 5.65 Å². The highest BCUT2D eigenvalue weighted by Crippen LogP contribution is 2.27. The van der Waals surface area contributed by atoms with Crippen molar-refractivity contribution in [2.45, 2.75) is 32.6 Å². The number of fused-ring (bicyclic) bond motifs is 1. The molecule has 4 heteroatoms. The van der Waals surface area contributed by atoms with Crippen LogP contribution in [0.5, 0.6) is 0 Å². The van der Waals surface area contributed by atoms with Gasteiger partial charge in [-0.1, -0.05) is 44.2 Å². The third kappa shape index (κ3) is 3.11. The van der Waals surface area contributed by atoms with E-state index in [-0.39, 0.29) is 6.42 Å². The third-order valence-electron chi connectivity index (χ3n) is 4.06. The van der Waals surface area contributed by atoms with Gasteiger partial charge in [0.15, 0.2) is 0 Å². The second-order valence-electron chi connectivity index (χ2n) is 6.01. The third-order valence-corrected chi connectivity index (χ3v) is 4.06. The summed E-state index contributed by atoms with van der Waals surface area (Å²) in [6.07, 6.45) is 2.49. The van der Waals surface area contributed by atoms with Crippen molar-refractivity contribution in [1.29, 1.82) is 0 Å². The van der Waals surface area contributed by atoms with E-state index in [1.807, 2.05) is 28.8 Å². The van der Waals surface area contributed by atoms with Crippen LogP contribution >= 0.6 is 0 Å². The number of carboxylic acid groups (broad SMARTS) is 1. The zero-order valence-electron chi connectivity index (χ0n) is 13.4. The molecule has 0 atom stereocenters. The lowest BCUT2D eigenvalue weighted by molar-refractivity contribution is -0.136. The first kappa shape index (κ1) is 15.3. The normalized spacial score (nSPS) is 11.3. The lowest BCUT2D eigenvalue weighted by Gasteiger charge is -2.07. The highest BCUT2D eigenvalue weighted by Gasteiger charge is 2.15. The highest BCUT2D eigenvalue weighted by molar-refractivity contribution is 5.70. The summed E-state index contributed by atoms with van der Waals surface area (Å²) in [5, 5.41) is 9.01. The predicted molar refractivity (Wildman–Crippen MR) is 90.7 cm³/mol. The number of nitrogens with zero attached hydrogens (tertiary/aromatic N) is 2. The molecule has 0 aliphatic rings. The number of carbonyl (C=O) groups is 1. The molecule has 0 amide bonds. The fraction of sp³-hybridized carbons (Fsp3) is 0.263. The van der Waals surface area contributed by atoms with Gasteiger partial charge >= 0.3 is 5.97 Å². The van der Waals surface area contributed by atoms with E-state index < -0.39 is 5.97 Å². The quantitative estimate of drug-likeness (QED) is 0.770. The van der Waals surface area contributed by atoms with Gasteiger partial charge in [-0.2, -0.15) is 0 Å². The minimum Gasteiger partial charge on any atom is -0.481 e. The number of aliphatic carboxylic acids is 1. The van der Waals surface area contributed by atoms with Crippen LogP contribution in [0.25, 0.3) is 16.9 Å². The van der Waals surface area contributed by atoms with Gasteiger partial charge in [-0.05, 0) is 23.6 Å². The molecule has 0 aliphatic carbocycles. The highest BCUT2D eigenvalue weighted by atomic mass is 16.4. The Hall–Kier alpha value is -2.62. The topological polar surface area (TPSA) is 54.6 Å². The van der Waals surface area contributed by atoms with Crippen molar-refractivity contribution < 1.29 is 9.90 Å². The molecule has 0 saturated heterocycles. The molecule has 1 aromatic carbocycles. The molecule has 3 aromatic rings. The van der Waals surface area contributed by atoms with E-state index in [1.165, 1.54) is 5.56 Å². The molecule has 118 valence electrons.